The SMILES string of the molecule is CCCNc1cncc(-c2c(F)cccc2F)n1. The Balaban J connectivity index is 2.38. The average molecular weight is 249 g/mol. The van der Waals surface area contributed by atoms with Crippen molar-refractivity contribution in [1.82, 2.24) is 9.97 Å². The molecule has 0 aliphatic carbocycles. The first-order chi connectivity index (χ1) is 8.72. The predicted octanol–water partition coefficient (Wildman–Crippen LogP) is 3.24. The third kappa shape index (κ3) is 2.61. The molecule has 0 saturated carbocycles. The van der Waals surface area contributed by atoms with Crippen LogP contribution in [0.2, 0.25) is 0 Å². The Labute approximate surface area is 104 Å². The highest BCUT2D eigenvalue weighted by molar-refractivity contribution is 5.61. The van der Waals surface area contributed by atoms with Crippen molar-refractivity contribution >= 4 is 5.82 Å². The van der Waals surface area contributed by atoms with Gasteiger partial charge in [0.2, 0.25) is 0 Å². The molecule has 0 saturated heterocycles. The van der Waals surface area contributed by atoms with E-state index in [2.05, 4.69) is 15.3 Å². The number of nitrogens with one attached hydrogen (secondary N) is 1. The number of hydrogen-bond donors (Lipinski definition) is 1. The van der Waals surface area contributed by atoms with Gasteiger partial charge in [-0.3, -0.25) is 4.98 Å². The van der Waals surface area contributed by atoms with Gasteiger partial charge in [-0.2, -0.15) is 0 Å². The van der Waals surface area contributed by atoms with E-state index in [-0.39, 0.29) is 11.3 Å². The van der Waals surface area contributed by atoms with Crippen LogP contribution < -0.4 is 5.32 Å². The van der Waals surface area contributed by atoms with Crippen molar-refractivity contribution in [2.24, 2.45) is 0 Å². The molecule has 2 rings (SSSR count). The first kappa shape index (κ1) is 12.4. The first-order valence-electron chi connectivity index (χ1n) is 5.72. The summed E-state index contributed by atoms with van der Waals surface area (Å²) in [6.45, 7) is 2.75. The Morgan fingerprint density at radius 1 is 1.17 bits per heavy atom. The van der Waals surface area contributed by atoms with Gasteiger partial charge in [0.1, 0.15) is 17.5 Å². The Morgan fingerprint density at radius 3 is 2.56 bits per heavy atom. The van der Waals surface area contributed by atoms with Gasteiger partial charge in [0.05, 0.1) is 23.7 Å². The lowest BCUT2D eigenvalue weighted by molar-refractivity contribution is 0.588. The molecule has 1 aromatic carbocycles. The zero-order chi connectivity index (χ0) is 13.0. The number of anilines is 1. The van der Waals surface area contributed by atoms with Crippen LogP contribution in [0.5, 0.6) is 0 Å². The molecule has 3 nitrogen and oxygen atoms in total. The fraction of sp³-hybridized carbons (Fsp3) is 0.231. The second-order valence-electron chi connectivity index (χ2n) is 3.81. The van der Waals surface area contributed by atoms with Crippen LogP contribution in [-0.4, -0.2) is 16.5 Å². The first-order valence-corrected chi connectivity index (χ1v) is 5.72. The van der Waals surface area contributed by atoms with E-state index in [1.54, 1.807) is 0 Å². The lowest BCUT2D eigenvalue weighted by atomic mass is 10.1. The van der Waals surface area contributed by atoms with Crippen molar-refractivity contribution in [3.05, 3.63) is 42.2 Å². The maximum Gasteiger partial charge on any atom is 0.145 e. The summed E-state index contributed by atoms with van der Waals surface area (Å²) >= 11 is 0. The van der Waals surface area contributed by atoms with Gasteiger partial charge >= 0.3 is 0 Å². The molecule has 0 bridgehead atoms. The van der Waals surface area contributed by atoms with E-state index < -0.39 is 11.6 Å². The van der Waals surface area contributed by atoms with E-state index in [1.807, 2.05) is 6.92 Å². The van der Waals surface area contributed by atoms with E-state index in [4.69, 9.17) is 0 Å². The normalized spacial score (nSPS) is 10.4. The number of nitrogens with zero attached hydrogens (tertiary/aromatic N) is 2. The third-order valence-electron chi connectivity index (χ3n) is 2.41. The monoisotopic (exact) mass is 249 g/mol. The second-order valence-corrected chi connectivity index (χ2v) is 3.81. The van der Waals surface area contributed by atoms with Crippen LogP contribution in [0.1, 0.15) is 13.3 Å². The van der Waals surface area contributed by atoms with E-state index >= 15 is 0 Å². The zero-order valence-electron chi connectivity index (χ0n) is 9.95. The molecule has 0 spiro atoms. The van der Waals surface area contributed by atoms with Crippen LogP contribution in [0.25, 0.3) is 11.3 Å². The van der Waals surface area contributed by atoms with E-state index in [0.717, 1.165) is 13.0 Å². The van der Waals surface area contributed by atoms with Crippen molar-refractivity contribution < 1.29 is 8.78 Å². The van der Waals surface area contributed by atoms with Crippen molar-refractivity contribution in [3.8, 4) is 11.3 Å². The maximum absolute atomic E-state index is 13.6. The highest BCUT2D eigenvalue weighted by Crippen LogP contribution is 2.24. The lowest BCUT2D eigenvalue weighted by Gasteiger charge is -2.07. The Kier molecular flexibility index (Phi) is 3.82. The van der Waals surface area contributed by atoms with Crippen LogP contribution >= 0.6 is 0 Å². The van der Waals surface area contributed by atoms with Crippen molar-refractivity contribution in [1.29, 1.82) is 0 Å². The molecule has 0 aliphatic rings. The smallest absolute Gasteiger partial charge is 0.145 e. The molecule has 1 aromatic heterocycles. The molecule has 0 amide bonds. The van der Waals surface area contributed by atoms with Gasteiger partial charge in [-0.1, -0.05) is 13.0 Å². The molecule has 5 heteroatoms. The summed E-state index contributed by atoms with van der Waals surface area (Å²) in [5.41, 5.74) is 0.0388. The molecule has 0 aliphatic heterocycles. The van der Waals surface area contributed by atoms with Crippen LogP contribution in [0.3, 0.4) is 0 Å². The van der Waals surface area contributed by atoms with E-state index in [9.17, 15) is 8.78 Å². The molecule has 0 fully saturated rings. The van der Waals surface area contributed by atoms with Gasteiger partial charge in [0.15, 0.2) is 0 Å². The number of benzene rings is 1. The molecule has 0 atom stereocenters. The Morgan fingerprint density at radius 2 is 1.89 bits per heavy atom. The van der Waals surface area contributed by atoms with E-state index in [1.165, 1.54) is 30.6 Å². The Hall–Kier alpha value is -2.04. The van der Waals surface area contributed by atoms with Crippen LogP contribution in [0.4, 0.5) is 14.6 Å². The summed E-state index contributed by atoms with van der Waals surface area (Å²) in [5.74, 6) is -0.772. The molecular formula is C13H13F2N3. The molecule has 1 heterocycles. The van der Waals surface area contributed by atoms with Gasteiger partial charge in [-0.25, -0.2) is 13.8 Å². The minimum absolute atomic E-state index is 0.148. The number of rotatable bonds is 4. The lowest BCUT2D eigenvalue weighted by Crippen LogP contribution is -2.03. The third-order valence-corrected chi connectivity index (χ3v) is 2.41. The average Bonchev–Trinajstić information content (AvgIpc) is 2.37. The molecule has 0 unspecified atom stereocenters. The topological polar surface area (TPSA) is 37.8 Å². The number of hydrogen-bond acceptors (Lipinski definition) is 3. The molecule has 2 aromatic rings. The van der Waals surface area contributed by atoms with Crippen LogP contribution in [-0.2, 0) is 0 Å². The zero-order valence-corrected chi connectivity index (χ0v) is 9.95. The fourth-order valence-corrected chi connectivity index (χ4v) is 1.57. The largest absolute Gasteiger partial charge is 0.369 e. The van der Waals surface area contributed by atoms with Gasteiger partial charge in [0.25, 0.3) is 0 Å². The van der Waals surface area contributed by atoms with Crippen molar-refractivity contribution in [2.75, 3.05) is 11.9 Å². The molecule has 1 N–H and O–H groups in total. The number of aromatic nitrogens is 2. The summed E-state index contributed by atoms with van der Waals surface area (Å²) in [6.07, 6.45) is 3.80. The van der Waals surface area contributed by atoms with E-state index in [0.29, 0.717) is 5.82 Å². The summed E-state index contributed by atoms with van der Waals surface area (Å²) in [6, 6.07) is 3.72. The van der Waals surface area contributed by atoms with Gasteiger partial charge in [-0.15, -0.1) is 0 Å². The summed E-state index contributed by atoms with van der Waals surface area (Å²) < 4.78 is 27.2. The van der Waals surface area contributed by atoms with Gasteiger partial charge < -0.3 is 5.32 Å². The maximum atomic E-state index is 13.6. The van der Waals surface area contributed by atoms with Crippen LogP contribution in [0.15, 0.2) is 30.6 Å². The van der Waals surface area contributed by atoms with Crippen LogP contribution in [0, 0.1) is 11.6 Å². The number of halogens is 2. The molecule has 18 heavy (non-hydrogen) atoms. The minimum atomic E-state index is -0.642. The quantitative estimate of drug-likeness (QED) is 0.903. The summed E-state index contributed by atoms with van der Waals surface area (Å²) in [7, 11) is 0. The molecular weight excluding hydrogens is 236 g/mol. The minimum Gasteiger partial charge on any atom is -0.369 e. The van der Waals surface area contributed by atoms with Crippen molar-refractivity contribution in [2.45, 2.75) is 13.3 Å². The van der Waals surface area contributed by atoms with Gasteiger partial charge in [0, 0.05) is 6.54 Å². The van der Waals surface area contributed by atoms with Crippen molar-refractivity contribution in [3.63, 3.8) is 0 Å². The highest BCUT2D eigenvalue weighted by atomic mass is 19.1. The Bertz CT molecular complexity index is 523. The molecule has 94 valence electrons. The predicted molar refractivity (Wildman–Crippen MR) is 66.2 cm³/mol. The van der Waals surface area contributed by atoms with Gasteiger partial charge in [-0.05, 0) is 18.6 Å². The fourth-order valence-electron chi connectivity index (χ4n) is 1.57. The highest BCUT2D eigenvalue weighted by Gasteiger charge is 2.12. The summed E-state index contributed by atoms with van der Waals surface area (Å²) in [4.78, 5) is 8.09. The standard InChI is InChI=1S/C13H13F2N3/c1-2-6-17-12-8-16-7-11(18-12)13-9(14)4-3-5-10(13)15/h3-5,7-8H,2,6H2,1H3,(H,17,18). The molecule has 0 radical (unpaired) electrons. The summed E-state index contributed by atoms with van der Waals surface area (Å²) in [5, 5.41) is 3.02. The second kappa shape index (κ2) is 5.53.